The van der Waals surface area contributed by atoms with E-state index in [4.69, 9.17) is 20.8 Å². The Bertz CT molecular complexity index is 862. The zero-order valence-electron chi connectivity index (χ0n) is 19.4. The molecule has 0 unspecified atom stereocenters. The van der Waals surface area contributed by atoms with Gasteiger partial charge in [0.05, 0.1) is 19.3 Å². The zero-order valence-corrected chi connectivity index (χ0v) is 22.5. The van der Waals surface area contributed by atoms with Crippen molar-refractivity contribution in [1.29, 1.82) is 0 Å². The van der Waals surface area contributed by atoms with E-state index in [1.54, 1.807) is 14.2 Å². The fraction of sp³-hybridized carbons (Fsp3) is 0.565. The van der Waals surface area contributed by atoms with E-state index >= 15 is 0 Å². The van der Waals surface area contributed by atoms with Crippen LogP contribution in [0.3, 0.4) is 0 Å². The van der Waals surface area contributed by atoms with Gasteiger partial charge in [-0.1, -0.05) is 17.7 Å². The maximum absolute atomic E-state index is 6.32. The molecule has 0 atom stereocenters. The molecule has 1 aromatic heterocycles. The number of hydrogen-bond donors (Lipinski definition) is 2. The molecule has 0 spiro atoms. The monoisotopic (exact) mass is 575 g/mol. The number of benzene rings is 1. The van der Waals surface area contributed by atoms with E-state index < -0.39 is 0 Å². The number of nitrogens with one attached hydrogen (secondary N) is 2. The van der Waals surface area contributed by atoms with E-state index in [2.05, 4.69) is 25.5 Å². The Morgan fingerprint density at radius 1 is 1.28 bits per heavy atom. The highest BCUT2D eigenvalue weighted by Gasteiger charge is 2.21. The molecule has 0 saturated carbocycles. The number of nitrogens with zero attached hydrogens (tertiary/aromatic N) is 3. The number of hydrogen-bond acceptors (Lipinski definition) is 5. The van der Waals surface area contributed by atoms with Crippen molar-refractivity contribution in [3.63, 3.8) is 0 Å². The van der Waals surface area contributed by atoms with E-state index in [1.807, 2.05) is 32.0 Å². The molecule has 1 saturated heterocycles. The van der Waals surface area contributed by atoms with Gasteiger partial charge in [-0.05, 0) is 69.8 Å². The van der Waals surface area contributed by atoms with Gasteiger partial charge < -0.3 is 19.8 Å². The fourth-order valence-electron chi connectivity index (χ4n) is 3.78. The number of halogens is 2. The normalized spacial score (nSPS) is 15.3. The molecule has 1 aliphatic rings. The van der Waals surface area contributed by atoms with Gasteiger partial charge in [-0.2, -0.15) is 0 Å². The number of aromatic nitrogens is 1. The zero-order chi connectivity index (χ0) is 22.2. The third kappa shape index (κ3) is 7.81. The number of ether oxygens (including phenoxy) is 1. The predicted molar refractivity (Wildman–Crippen MR) is 140 cm³/mol. The topological polar surface area (TPSA) is 74.9 Å². The van der Waals surface area contributed by atoms with Gasteiger partial charge in [-0.15, -0.1) is 24.0 Å². The van der Waals surface area contributed by atoms with Gasteiger partial charge in [-0.25, -0.2) is 4.98 Å². The van der Waals surface area contributed by atoms with E-state index in [9.17, 15) is 0 Å². The van der Waals surface area contributed by atoms with Gasteiger partial charge in [0.15, 0.2) is 5.96 Å². The average molecular weight is 576 g/mol. The lowest BCUT2D eigenvalue weighted by Crippen LogP contribution is -2.43. The van der Waals surface area contributed by atoms with Crippen molar-refractivity contribution in [3.8, 4) is 5.75 Å². The van der Waals surface area contributed by atoms with Crippen molar-refractivity contribution < 1.29 is 9.15 Å². The number of aryl methyl sites for hydroxylation is 2. The fourth-order valence-corrected chi connectivity index (χ4v) is 4.05. The van der Waals surface area contributed by atoms with Crippen LogP contribution in [0.5, 0.6) is 5.75 Å². The Hall–Kier alpha value is -1.52. The lowest BCUT2D eigenvalue weighted by atomic mass is 9.97. The first kappa shape index (κ1) is 26.7. The SMILES string of the molecule is CN=C(NCCc1ccc(OC)cc1Cl)NCC1CCN(Cc2nc(C)c(C)o2)CC1.I. The molecule has 2 N–H and O–H groups in total. The van der Waals surface area contributed by atoms with Crippen LogP contribution in [0.4, 0.5) is 0 Å². The number of oxazole rings is 1. The molecular formula is C23H35ClIN5O2. The Morgan fingerprint density at radius 2 is 2.03 bits per heavy atom. The van der Waals surface area contributed by atoms with Crippen LogP contribution in [0.1, 0.15) is 35.7 Å². The van der Waals surface area contributed by atoms with E-state index in [0.29, 0.717) is 5.92 Å². The quantitative estimate of drug-likeness (QED) is 0.279. The molecule has 9 heteroatoms. The van der Waals surface area contributed by atoms with Crippen LogP contribution in [-0.4, -0.2) is 56.2 Å². The Morgan fingerprint density at radius 3 is 2.62 bits per heavy atom. The maximum Gasteiger partial charge on any atom is 0.208 e. The molecule has 0 radical (unpaired) electrons. The summed E-state index contributed by atoms with van der Waals surface area (Å²) in [4.78, 5) is 11.3. The molecular weight excluding hydrogens is 541 g/mol. The number of rotatable bonds is 8. The minimum absolute atomic E-state index is 0. The van der Waals surface area contributed by atoms with Crippen LogP contribution in [0.15, 0.2) is 27.6 Å². The summed E-state index contributed by atoms with van der Waals surface area (Å²) >= 11 is 6.32. The van der Waals surface area contributed by atoms with Crippen molar-refractivity contribution in [2.75, 3.05) is 40.3 Å². The second-order valence-electron chi connectivity index (χ2n) is 8.06. The second-order valence-corrected chi connectivity index (χ2v) is 8.46. The maximum atomic E-state index is 6.32. The number of aliphatic imine (C=N–C) groups is 1. The molecule has 0 aliphatic carbocycles. The van der Waals surface area contributed by atoms with Crippen LogP contribution in [0.25, 0.3) is 0 Å². The van der Waals surface area contributed by atoms with Crippen molar-refractivity contribution in [2.24, 2.45) is 10.9 Å². The van der Waals surface area contributed by atoms with Crippen molar-refractivity contribution in [3.05, 3.63) is 46.1 Å². The van der Waals surface area contributed by atoms with Crippen LogP contribution < -0.4 is 15.4 Å². The summed E-state index contributed by atoms with van der Waals surface area (Å²) in [7, 11) is 3.45. The van der Waals surface area contributed by atoms with E-state index in [0.717, 1.165) is 91.6 Å². The lowest BCUT2D eigenvalue weighted by molar-refractivity contribution is 0.164. The molecule has 7 nitrogen and oxygen atoms in total. The van der Waals surface area contributed by atoms with Gasteiger partial charge in [0.25, 0.3) is 0 Å². The molecule has 2 aromatic rings. The number of guanidine groups is 1. The van der Waals surface area contributed by atoms with Gasteiger partial charge >= 0.3 is 0 Å². The van der Waals surface area contributed by atoms with Gasteiger partial charge in [-0.3, -0.25) is 9.89 Å². The number of piperidine rings is 1. The van der Waals surface area contributed by atoms with E-state index in [1.165, 1.54) is 0 Å². The Labute approximate surface area is 213 Å². The first-order valence-corrected chi connectivity index (χ1v) is 11.3. The molecule has 3 rings (SSSR count). The third-order valence-electron chi connectivity index (χ3n) is 5.87. The molecule has 178 valence electrons. The minimum Gasteiger partial charge on any atom is -0.497 e. The Balaban J connectivity index is 0.00000363. The summed E-state index contributed by atoms with van der Waals surface area (Å²) in [6.45, 7) is 8.58. The second kappa shape index (κ2) is 13.3. The summed E-state index contributed by atoms with van der Waals surface area (Å²) < 4.78 is 10.9. The molecule has 32 heavy (non-hydrogen) atoms. The third-order valence-corrected chi connectivity index (χ3v) is 6.22. The van der Waals surface area contributed by atoms with Gasteiger partial charge in [0.1, 0.15) is 11.5 Å². The first-order chi connectivity index (χ1) is 15.0. The van der Waals surface area contributed by atoms with Gasteiger partial charge in [0.2, 0.25) is 5.89 Å². The number of likely N-dealkylation sites (tertiary alicyclic amines) is 1. The summed E-state index contributed by atoms with van der Waals surface area (Å²) in [5.41, 5.74) is 2.08. The van der Waals surface area contributed by atoms with E-state index in [-0.39, 0.29) is 24.0 Å². The highest BCUT2D eigenvalue weighted by molar-refractivity contribution is 14.0. The standard InChI is InChI=1S/C23H34ClN5O2.HI/c1-16-17(2)31-22(28-16)15-29-11-8-18(9-12-29)14-27-23(25-3)26-10-7-19-5-6-20(30-4)13-21(19)24;/h5-6,13,18H,7-12,14-15H2,1-4H3,(H2,25,26,27);1H. The van der Waals surface area contributed by atoms with Crippen LogP contribution in [-0.2, 0) is 13.0 Å². The molecule has 0 bridgehead atoms. The summed E-state index contributed by atoms with van der Waals surface area (Å²) in [6, 6.07) is 5.79. The van der Waals surface area contributed by atoms with Crippen molar-refractivity contribution in [1.82, 2.24) is 20.5 Å². The highest BCUT2D eigenvalue weighted by atomic mass is 127. The smallest absolute Gasteiger partial charge is 0.208 e. The predicted octanol–water partition coefficient (Wildman–Crippen LogP) is 4.19. The molecule has 1 fully saturated rings. The highest BCUT2D eigenvalue weighted by Crippen LogP contribution is 2.22. The molecule has 1 aliphatic heterocycles. The minimum atomic E-state index is 0. The molecule has 0 amide bonds. The summed E-state index contributed by atoms with van der Waals surface area (Å²) in [6.07, 6.45) is 3.13. The molecule has 2 heterocycles. The molecule has 1 aromatic carbocycles. The van der Waals surface area contributed by atoms with Crippen LogP contribution >= 0.6 is 35.6 Å². The van der Waals surface area contributed by atoms with Gasteiger partial charge in [0, 0.05) is 25.2 Å². The average Bonchev–Trinajstić information content (AvgIpc) is 3.09. The van der Waals surface area contributed by atoms with Crippen molar-refractivity contribution >= 4 is 41.5 Å². The summed E-state index contributed by atoms with van der Waals surface area (Å²) in [5, 5.41) is 7.58. The van der Waals surface area contributed by atoms with Crippen molar-refractivity contribution in [2.45, 2.75) is 39.7 Å². The van der Waals surface area contributed by atoms with Crippen LogP contribution in [0, 0.1) is 19.8 Å². The Kier molecular flexibility index (Phi) is 11.1. The summed E-state index contributed by atoms with van der Waals surface area (Å²) in [5.74, 6) is 3.99. The van der Waals surface area contributed by atoms with Crippen LogP contribution in [0.2, 0.25) is 5.02 Å². The lowest BCUT2D eigenvalue weighted by Gasteiger charge is -2.31. The first-order valence-electron chi connectivity index (χ1n) is 10.9. The largest absolute Gasteiger partial charge is 0.497 e. The number of methoxy groups -OCH3 is 1.